The maximum Gasteiger partial charge on any atom is 0.326 e. The second kappa shape index (κ2) is 13.6. The Kier molecular flexibility index (Phi) is 11.3. The van der Waals surface area contributed by atoms with Crippen LogP contribution in [0, 0.1) is 11.3 Å². The van der Waals surface area contributed by atoms with Gasteiger partial charge in [-0.2, -0.15) is 0 Å². The lowest BCUT2D eigenvalue weighted by Crippen LogP contribution is -2.61. The van der Waals surface area contributed by atoms with E-state index in [1.807, 2.05) is 78.8 Å². The van der Waals surface area contributed by atoms with Crippen molar-refractivity contribution in [2.45, 2.75) is 97.8 Å². The predicted octanol–water partition coefficient (Wildman–Crippen LogP) is 3.59. The Hall–Kier alpha value is -3.20. The molecule has 1 heterocycles. The van der Waals surface area contributed by atoms with Gasteiger partial charge in [0.25, 0.3) is 0 Å². The van der Waals surface area contributed by atoms with Gasteiger partial charge in [0.05, 0.1) is 12.1 Å². The van der Waals surface area contributed by atoms with Gasteiger partial charge < -0.3 is 25.5 Å². The number of likely N-dealkylation sites (N-methyl/N-ethyl adjacent to an activating group) is 2. The van der Waals surface area contributed by atoms with Crippen molar-refractivity contribution < 1.29 is 24.3 Å². The third kappa shape index (κ3) is 7.97. The maximum atomic E-state index is 14.0. The number of hydrogen-bond donors (Lipinski definition) is 3. The normalized spacial score (nSPS) is 18.6. The number of likely N-dealkylation sites (tertiary alicyclic amines) is 1. The lowest BCUT2D eigenvalue weighted by molar-refractivity contribution is -0.146. The lowest BCUT2D eigenvalue weighted by atomic mass is 9.76. The first kappa shape index (κ1) is 34.0. The van der Waals surface area contributed by atoms with E-state index in [0.29, 0.717) is 25.0 Å². The predicted molar refractivity (Wildman–Crippen MR) is 161 cm³/mol. The molecule has 3 N–H and O–H groups in total. The molecule has 0 saturated carbocycles. The van der Waals surface area contributed by atoms with Gasteiger partial charge in [-0.3, -0.25) is 14.4 Å². The monoisotopic (exact) mass is 570 g/mol. The van der Waals surface area contributed by atoms with Crippen molar-refractivity contribution in [1.29, 1.82) is 0 Å². The van der Waals surface area contributed by atoms with Crippen LogP contribution < -0.4 is 10.6 Å². The second-order valence-corrected chi connectivity index (χ2v) is 13.1. The minimum absolute atomic E-state index is 0.0426. The first-order valence-corrected chi connectivity index (χ1v) is 14.5. The van der Waals surface area contributed by atoms with E-state index in [1.54, 1.807) is 32.0 Å². The quantitative estimate of drug-likeness (QED) is 0.350. The SMILES string of the molecule is CN[C@H](C(=O)N[C@H](C(=O)N(C)[C@H](/C=C(\C)C(=O)N1CCC[C@H]1C(=O)O)C(C)C)C(C)(C)C)C(C)(C)c1ccccc1. The first-order valence-electron chi connectivity index (χ1n) is 14.5. The Morgan fingerprint density at radius 2 is 1.63 bits per heavy atom. The molecule has 0 radical (unpaired) electrons. The van der Waals surface area contributed by atoms with Crippen molar-refractivity contribution >= 4 is 23.7 Å². The highest BCUT2D eigenvalue weighted by Crippen LogP contribution is 2.29. The van der Waals surface area contributed by atoms with Crippen LogP contribution in [0.1, 0.15) is 73.8 Å². The molecule has 1 saturated heterocycles. The Labute approximate surface area is 245 Å². The van der Waals surface area contributed by atoms with E-state index in [9.17, 15) is 24.3 Å². The number of carboxylic acids is 1. The largest absolute Gasteiger partial charge is 0.480 e. The summed E-state index contributed by atoms with van der Waals surface area (Å²) in [5, 5.41) is 15.7. The molecule has 1 aliphatic rings. The van der Waals surface area contributed by atoms with E-state index in [-0.39, 0.29) is 23.6 Å². The first-order chi connectivity index (χ1) is 18.9. The van der Waals surface area contributed by atoms with E-state index in [0.717, 1.165) is 5.56 Å². The summed E-state index contributed by atoms with van der Waals surface area (Å²) in [6.07, 6.45) is 2.82. The zero-order valence-electron chi connectivity index (χ0n) is 26.4. The van der Waals surface area contributed by atoms with Gasteiger partial charge in [-0.1, -0.05) is 84.9 Å². The molecule has 0 aromatic heterocycles. The maximum absolute atomic E-state index is 14.0. The van der Waals surface area contributed by atoms with Crippen molar-refractivity contribution in [3.63, 3.8) is 0 Å². The van der Waals surface area contributed by atoms with Crippen LogP contribution in [-0.4, -0.2) is 83.4 Å². The van der Waals surface area contributed by atoms with Crippen LogP contribution in [-0.2, 0) is 24.6 Å². The van der Waals surface area contributed by atoms with E-state index in [2.05, 4.69) is 10.6 Å². The summed E-state index contributed by atoms with van der Waals surface area (Å²) in [6, 6.07) is 7.08. The number of carboxylic acid groups (broad SMARTS) is 1. The van der Waals surface area contributed by atoms with Gasteiger partial charge in [0.2, 0.25) is 17.7 Å². The van der Waals surface area contributed by atoms with Gasteiger partial charge >= 0.3 is 5.97 Å². The Bertz CT molecular complexity index is 1120. The van der Waals surface area contributed by atoms with Crippen molar-refractivity contribution in [3.8, 4) is 0 Å². The molecule has 0 bridgehead atoms. The Balaban J connectivity index is 2.33. The number of aliphatic carboxylic acids is 1. The van der Waals surface area contributed by atoms with E-state index in [1.165, 1.54) is 4.90 Å². The molecule has 41 heavy (non-hydrogen) atoms. The summed E-state index contributed by atoms with van der Waals surface area (Å²) in [5.74, 6) is -1.92. The molecule has 1 fully saturated rings. The molecule has 0 spiro atoms. The fourth-order valence-corrected chi connectivity index (χ4v) is 5.65. The van der Waals surface area contributed by atoms with Crippen LogP contribution >= 0.6 is 0 Å². The number of nitrogens with one attached hydrogen (secondary N) is 2. The average Bonchev–Trinajstić information content (AvgIpc) is 3.39. The Morgan fingerprint density at radius 1 is 1.05 bits per heavy atom. The molecular formula is C32H50N4O5. The molecule has 0 unspecified atom stereocenters. The van der Waals surface area contributed by atoms with Crippen LogP contribution in [0.15, 0.2) is 42.0 Å². The highest BCUT2D eigenvalue weighted by atomic mass is 16.4. The van der Waals surface area contributed by atoms with Crippen LogP contribution in [0.4, 0.5) is 0 Å². The Morgan fingerprint density at radius 3 is 2.12 bits per heavy atom. The van der Waals surface area contributed by atoms with Gasteiger partial charge in [-0.05, 0) is 43.7 Å². The number of nitrogens with zero attached hydrogens (tertiary/aromatic N) is 2. The zero-order valence-corrected chi connectivity index (χ0v) is 26.4. The van der Waals surface area contributed by atoms with E-state index in [4.69, 9.17) is 0 Å². The van der Waals surface area contributed by atoms with Crippen LogP contribution in [0.3, 0.4) is 0 Å². The molecule has 4 atom stereocenters. The second-order valence-electron chi connectivity index (χ2n) is 13.1. The van der Waals surface area contributed by atoms with Crippen molar-refractivity contribution in [1.82, 2.24) is 20.4 Å². The number of amides is 3. The highest BCUT2D eigenvalue weighted by molar-refractivity contribution is 5.96. The van der Waals surface area contributed by atoms with Gasteiger partial charge in [-0.15, -0.1) is 0 Å². The summed E-state index contributed by atoms with van der Waals surface area (Å²) in [5.41, 5.74) is 0.240. The molecule has 228 valence electrons. The van der Waals surface area contributed by atoms with Gasteiger partial charge in [0, 0.05) is 24.6 Å². The van der Waals surface area contributed by atoms with Crippen molar-refractivity contribution in [2.24, 2.45) is 11.3 Å². The van der Waals surface area contributed by atoms with Crippen LogP contribution in [0.2, 0.25) is 0 Å². The van der Waals surface area contributed by atoms with Crippen molar-refractivity contribution in [3.05, 3.63) is 47.5 Å². The molecule has 0 aliphatic carbocycles. The number of benzene rings is 1. The van der Waals surface area contributed by atoms with Crippen LogP contribution in [0.25, 0.3) is 0 Å². The third-order valence-electron chi connectivity index (χ3n) is 8.22. The van der Waals surface area contributed by atoms with Crippen molar-refractivity contribution in [2.75, 3.05) is 20.6 Å². The summed E-state index contributed by atoms with van der Waals surface area (Å²) in [7, 11) is 3.43. The summed E-state index contributed by atoms with van der Waals surface area (Å²) in [4.78, 5) is 55.6. The standard InChI is InChI=1S/C32H50N4O5/c1-20(2)24(19-21(3)28(38)36-18-14-17-23(36)30(40)41)35(10)29(39)26(31(4,5)6)34-27(37)25(33-9)32(7,8)22-15-12-11-13-16-22/h11-13,15-16,19-20,23-26,33H,14,17-18H2,1-10H3,(H,34,37)(H,40,41)/b21-19+/t23-,24+,25+,26+/m0/s1. The minimum Gasteiger partial charge on any atom is -0.480 e. The number of carbonyl (C=O) groups excluding carboxylic acids is 3. The van der Waals surface area contributed by atoms with Gasteiger partial charge in [0.15, 0.2) is 0 Å². The number of hydrogen-bond acceptors (Lipinski definition) is 5. The van der Waals surface area contributed by atoms with E-state index >= 15 is 0 Å². The minimum atomic E-state index is -1.00. The molecular weight excluding hydrogens is 520 g/mol. The average molecular weight is 571 g/mol. The van der Waals surface area contributed by atoms with Gasteiger partial charge in [-0.25, -0.2) is 4.79 Å². The molecule has 1 aromatic carbocycles. The lowest BCUT2D eigenvalue weighted by Gasteiger charge is -2.40. The summed E-state index contributed by atoms with van der Waals surface area (Å²) in [6.45, 7) is 15.7. The highest BCUT2D eigenvalue weighted by Gasteiger charge is 2.42. The summed E-state index contributed by atoms with van der Waals surface area (Å²) < 4.78 is 0. The topological polar surface area (TPSA) is 119 Å². The van der Waals surface area contributed by atoms with Crippen LogP contribution in [0.5, 0.6) is 0 Å². The zero-order chi connectivity index (χ0) is 31.3. The molecule has 3 amide bonds. The smallest absolute Gasteiger partial charge is 0.326 e. The molecule has 9 nitrogen and oxygen atoms in total. The van der Waals surface area contributed by atoms with E-state index < -0.39 is 41.0 Å². The number of rotatable bonds is 11. The molecule has 1 aliphatic heterocycles. The molecule has 1 aromatic rings. The summed E-state index contributed by atoms with van der Waals surface area (Å²) >= 11 is 0. The molecule has 2 rings (SSSR count). The third-order valence-corrected chi connectivity index (χ3v) is 8.22. The molecule has 9 heteroatoms. The fourth-order valence-electron chi connectivity index (χ4n) is 5.65. The number of carbonyl (C=O) groups is 4. The van der Waals surface area contributed by atoms with Gasteiger partial charge in [0.1, 0.15) is 12.1 Å². The fraction of sp³-hybridized carbons (Fsp3) is 0.625.